The number of rotatable bonds is 5. The van der Waals surface area contributed by atoms with Crippen LogP contribution in [0.1, 0.15) is 5.56 Å². The summed E-state index contributed by atoms with van der Waals surface area (Å²) in [7, 11) is 0. The van der Waals surface area contributed by atoms with Crippen LogP contribution in [-0.4, -0.2) is 22.5 Å². The number of fused-ring (bicyclic) bond motifs is 2. The van der Waals surface area contributed by atoms with Crippen LogP contribution >= 0.6 is 11.6 Å². The summed E-state index contributed by atoms with van der Waals surface area (Å²) < 4.78 is 12.4. The highest BCUT2D eigenvalue weighted by Crippen LogP contribution is 2.32. The van der Waals surface area contributed by atoms with Crippen molar-refractivity contribution in [3.8, 4) is 22.8 Å². The highest BCUT2D eigenvalue weighted by molar-refractivity contribution is 6.31. The van der Waals surface area contributed by atoms with Crippen LogP contribution in [0.5, 0.6) is 11.5 Å². The second-order valence-electron chi connectivity index (χ2n) is 7.00. The second kappa shape index (κ2) is 7.72. The molecular formula is C23H18ClN3O3. The third-order valence-corrected chi connectivity index (χ3v) is 5.21. The average molecular weight is 420 g/mol. The first-order valence-corrected chi connectivity index (χ1v) is 9.92. The molecular weight excluding hydrogens is 402 g/mol. The van der Waals surface area contributed by atoms with Crippen LogP contribution in [0, 0.1) is 0 Å². The first kappa shape index (κ1) is 18.5. The van der Waals surface area contributed by atoms with Gasteiger partial charge in [-0.05, 0) is 35.9 Å². The van der Waals surface area contributed by atoms with E-state index in [0.29, 0.717) is 17.3 Å². The first-order valence-electron chi connectivity index (χ1n) is 9.54. The molecule has 1 N–H and O–H groups in total. The summed E-state index contributed by atoms with van der Waals surface area (Å²) in [4.78, 5) is 12.6. The molecule has 1 amide bonds. The zero-order valence-corrected chi connectivity index (χ0v) is 16.7. The summed E-state index contributed by atoms with van der Waals surface area (Å²) >= 11 is 6.22. The van der Waals surface area contributed by atoms with Crippen molar-refractivity contribution >= 4 is 28.4 Å². The Hall–Kier alpha value is -3.51. The molecule has 4 aromatic rings. The number of aromatic nitrogens is 2. The number of carbonyl (C=O) groups is 1. The fourth-order valence-corrected chi connectivity index (χ4v) is 3.70. The number of halogens is 1. The zero-order valence-electron chi connectivity index (χ0n) is 16.0. The third kappa shape index (κ3) is 3.57. The molecule has 0 atom stereocenters. The van der Waals surface area contributed by atoms with Gasteiger partial charge in [0.25, 0.3) is 0 Å². The van der Waals surface area contributed by atoms with Gasteiger partial charge < -0.3 is 14.8 Å². The minimum atomic E-state index is -0.133. The van der Waals surface area contributed by atoms with Crippen LogP contribution in [-0.2, 0) is 17.9 Å². The van der Waals surface area contributed by atoms with Crippen LogP contribution in [0.2, 0.25) is 5.02 Å². The smallest absolute Gasteiger partial charge is 0.242 e. The Morgan fingerprint density at radius 1 is 1.03 bits per heavy atom. The van der Waals surface area contributed by atoms with Crippen molar-refractivity contribution in [2.24, 2.45) is 0 Å². The highest BCUT2D eigenvalue weighted by atomic mass is 35.5. The lowest BCUT2D eigenvalue weighted by molar-refractivity contribution is -0.121. The van der Waals surface area contributed by atoms with E-state index in [9.17, 15) is 4.79 Å². The van der Waals surface area contributed by atoms with E-state index in [1.165, 1.54) is 0 Å². The molecule has 2 heterocycles. The molecule has 1 aliphatic rings. The quantitative estimate of drug-likeness (QED) is 0.520. The van der Waals surface area contributed by atoms with E-state index >= 15 is 0 Å². The van der Waals surface area contributed by atoms with Gasteiger partial charge in [-0.2, -0.15) is 5.10 Å². The summed E-state index contributed by atoms with van der Waals surface area (Å²) in [5, 5.41) is 9.19. The molecule has 0 unspecified atom stereocenters. The Labute approximate surface area is 178 Å². The predicted octanol–water partition coefficient (Wildman–Crippen LogP) is 4.40. The molecule has 0 radical (unpaired) electrons. The lowest BCUT2D eigenvalue weighted by Gasteiger charge is -2.07. The van der Waals surface area contributed by atoms with Crippen LogP contribution < -0.4 is 14.8 Å². The van der Waals surface area contributed by atoms with Gasteiger partial charge in [0, 0.05) is 22.5 Å². The molecule has 0 aliphatic carbocycles. The number of hydrogen-bond donors (Lipinski definition) is 1. The third-order valence-electron chi connectivity index (χ3n) is 4.98. The van der Waals surface area contributed by atoms with E-state index in [0.717, 1.165) is 33.5 Å². The molecule has 30 heavy (non-hydrogen) atoms. The monoisotopic (exact) mass is 419 g/mol. The summed E-state index contributed by atoms with van der Waals surface area (Å²) in [6.07, 6.45) is 0. The van der Waals surface area contributed by atoms with Crippen LogP contribution in [0.25, 0.3) is 22.2 Å². The molecule has 0 bridgehead atoms. The Morgan fingerprint density at radius 3 is 2.73 bits per heavy atom. The average Bonchev–Trinajstić information content (AvgIpc) is 3.37. The summed E-state index contributed by atoms with van der Waals surface area (Å²) in [6, 6.07) is 21.1. The maximum Gasteiger partial charge on any atom is 0.242 e. The van der Waals surface area contributed by atoms with Gasteiger partial charge in [-0.1, -0.05) is 48.0 Å². The van der Waals surface area contributed by atoms with Gasteiger partial charge in [-0.25, -0.2) is 0 Å². The molecule has 0 spiro atoms. The Bertz CT molecular complexity index is 1240. The van der Waals surface area contributed by atoms with Crippen LogP contribution in [0.4, 0.5) is 0 Å². The summed E-state index contributed by atoms with van der Waals surface area (Å²) in [5.41, 5.74) is 3.58. The van der Waals surface area contributed by atoms with Crippen molar-refractivity contribution in [1.82, 2.24) is 15.1 Å². The summed E-state index contributed by atoms with van der Waals surface area (Å²) in [5.74, 6) is 1.29. The molecule has 150 valence electrons. The maximum atomic E-state index is 12.6. The van der Waals surface area contributed by atoms with Gasteiger partial charge in [0.1, 0.15) is 12.2 Å². The number of nitrogens with zero attached hydrogens (tertiary/aromatic N) is 2. The van der Waals surface area contributed by atoms with E-state index in [4.69, 9.17) is 26.2 Å². The van der Waals surface area contributed by atoms with Gasteiger partial charge in [-0.15, -0.1) is 0 Å². The van der Waals surface area contributed by atoms with Crippen molar-refractivity contribution in [1.29, 1.82) is 0 Å². The van der Waals surface area contributed by atoms with Gasteiger partial charge in [-0.3, -0.25) is 9.48 Å². The molecule has 0 fully saturated rings. The van der Waals surface area contributed by atoms with Crippen molar-refractivity contribution in [3.63, 3.8) is 0 Å². The summed E-state index contributed by atoms with van der Waals surface area (Å²) in [6.45, 7) is 0.729. The normalized spacial score (nSPS) is 12.3. The lowest BCUT2D eigenvalue weighted by atomic mass is 10.1. The Kier molecular flexibility index (Phi) is 4.77. The van der Waals surface area contributed by atoms with E-state index < -0.39 is 0 Å². The number of benzene rings is 3. The Morgan fingerprint density at radius 2 is 1.87 bits per heavy atom. The van der Waals surface area contributed by atoms with Gasteiger partial charge in [0.15, 0.2) is 11.5 Å². The van der Waals surface area contributed by atoms with E-state index in [2.05, 4.69) is 5.32 Å². The standard InChI is InChI=1S/C23H18ClN3O3/c24-17-7-8-19-18(11-17)23(16-4-2-1-3-5-16)26-27(19)13-22(28)25-12-15-6-9-20-21(10-15)30-14-29-20/h1-11H,12-14H2,(H,25,28). The molecule has 1 aromatic heterocycles. The first-order chi connectivity index (χ1) is 14.7. The van der Waals surface area contributed by atoms with Crippen LogP contribution in [0.3, 0.4) is 0 Å². The van der Waals surface area contributed by atoms with Crippen molar-refractivity contribution in [2.45, 2.75) is 13.1 Å². The zero-order chi connectivity index (χ0) is 20.5. The molecule has 0 saturated heterocycles. The maximum absolute atomic E-state index is 12.6. The Balaban J connectivity index is 1.36. The number of hydrogen-bond acceptors (Lipinski definition) is 4. The minimum Gasteiger partial charge on any atom is -0.454 e. The predicted molar refractivity (Wildman–Crippen MR) is 115 cm³/mol. The van der Waals surface area contributed by atoms with E-state index in [1.807, 2.05) is 60.7 Å². The minimum absolute atomic E-state index is 0.107. The molecule has 0 saturated carbocycles. The van der Waals surface area contributed by atoms with Gasteiger partial charge in [0.05, 0.1) is 5.52 Å². The van der Waals surface area contributed by atoms with Crippen molar-refractivity contribution in [2.75, 3.05) is 6.79 Å². The van der Waals surface area contributed by atoms with Crippen molar-refractivity contribution < 1.29 is 14.3 Å². The fraction of sp³-hybridized carbons (Fsp3) is 0.130. The van der Waals surface area contributed by atoms with Crippen molar-refractivity contribution in [3.05, 3.63) is 77.3 Å². The van der Waals surface area contributed by atoms with E-state index in [-0.39, 0.29) is 19.2 Å². The SMILES string of the molecule is O=C(Cn1nc(-c2ccccc2)c2cc(Cl)ccc21)NCc1ccc2c(c1)OCO2. The molecule has 7 heteroatoms. The fourth-order valence-electron chi connectivity index (χ4n) is 3.52. The van der Waals surface area contributed by atoms with E-state index in [1.54, 1.807) is 10.7 Å². The highest BCUT2D eigenvalue weighted by Gasteiger charge is 2.16. The van der Waals surface area contributed by atoms with Crippen LogP contribution in [0.15, 0.2) is 66.7 Å². The molecule has 3 aromatic carbocycles. The topological polar surface area (TPSA) is 65.4 Å². The number of nitrogens with one attached hydrogen (secondary N) is 1. The molecule has 1 aliphatic heterocycles. The largest absolute Gasteiger partial charge is 0.454 e. The van der Waals surface area contributed by atoms with Gasteiger partial charge >= 0.3 is 0 Å². The number of amides is 1. The molecule has 6 nitrogen and oxygen atoms in total. The second-order valence-corrected chi connectivity index (χ2v) is 7.43. The number of ether oxygens (including phenoxy) is 2. The van der Waals surface area contributed by atoms with Gasteiger partial charge in [0.2, 0.25) is 12.7 Å². The number of carbonyl (C=O) groups excluding carboxylic acids is 1. The lowest BCUT2D eigenvalue weighted by Crippen LogP contribution is -2.27. The molecule has 5 rings (SSSR count).